The number of rotatable bonds is 5. The van der Waals surface area contributed by atoms with Crippen molar-refractivity contribution in [2.24, 2.45) is 0 Å². The Bertz CT molecular complexity index is 996. The fourth-order valence-corrected chi connectivity index (χ4v) is 3.98. The van der Waals surface area contributed by atoms with E-state index < -0.39 is 11.4 Å². The number of hydrogen-bond donors (Lipinski definition) is 0. The minimum absolute atomic E-state index is 0.0815. The molecule has 0 N–H and O–H groups in total. The van der Waals surface area contributed by atoms with Gasteiger partial charge in [-0.1, -0.05) is 0 Å². The van der Waals surface area contributed by atoms with Crippen LogP contribution in [0.15, 0.2) is 10.5 Å². The first kappa shape index (κ1) is 25.2. The summed E-state index contributed by atoms with van der Waals surface area (Å²) in [5, 5.41) is 0.591. The normalized spacial score (nSPS) is 15.8. The molecule has 0 saturated carbocycles. The number of halogens is 3. The highest BCUT2D eigenvalue weighted by atomic mass is 127. The molecule has 1 aromatic carbocycles. The summed E-state index contributed by atoms with van der Waals surface area (Å²) in [6, 6.07) is 1.93. The summed E-state index contributed by atoms with van der Waals surface area (Å²) in [5.41, 5.74) is -0.374. The molecule has 1 aliphatic heterocycles. The first-order valence-electron chi connectivity index (χ1n) is 10.2. The molecule has 2 aromatic rings. The molecule has 0 unspecified atom stereocenters. The van der Waals surface area contributed by atoms with Gasteiger partial charge in [0.15, 0.2) is 5.82 Å². The molecule has 32 heavy (non-hydrogen) atoms. The second-order valence-electron chi connectivity index (χ2n) is 8.52. The number of fused-ring (bicyclic) bond motifs is 1. The Hall–Kier alpha value is -1.47. The van der Waals surface area contributed by atoms with E-state index in [0.29, 0.717) is 45.4 Å². The summed E-state index contributed by atoms with van der Waals surface area (Å²) in [6.45, 7) is 9.59. The maximum atomic E-state index is 15.1. The van der Waals surface area contributed by atoms with Crippen molar-refractivity contribution >= 4 is 61.3 Å². The van der Waals surface area contributed by atoms with Crippen LogP contribution in [-0.2, 0) is 9.47 Å². The highest BCUT2D eigenvalue weighted by Crippen LogP contribution is 2.35. The van der Waals surface area contributed by atoms with Crippen molar-refractivity contribution in [1.82, 2.24) is 14.9 Å². The lowest BCUT2D eigenvalue weighted by atomic mass is 10.2. The fourth-order valence-electron chi connectivity index (χ4n) is 3.13. The molecule has 0 bridgehead atoms. The molecule has 8 nitrogen and oxygen atoms in total. The quantitative estimate of drug-likeness (QED) is 0.355. The van der Waals surface area contributed by atoms with Gasteiger partial charge in [0.25, 0.3) is 0 Å². The Morgan fingerprint density at radius 1 is 1.28 bits per heavy atom. The van der Waals surface area contributed by atoms with E-state index in [1.165, 1.54) is 0 Å². The number of nitrogens with zero attached hydrogens (tertiary/aromatic N) is 4. The van der Waals surface area contributed by atoms with E-state index in [-0.39, 0.29) is 30.3 Å². The molecule has 1 saturated heterocycles. The predicted molar refractivity (Wildman–Crippen MR) is 132 cm³/mol. The second kappa shape index (κ2) is 10.2. The summed E-state index contributed by atoms with van der Waals surface area (Å²) >= 11 is 5.36. The van der Waals surface area contributed by atoms with Crippen LogP contribution in [0.1, 0.15) is 27.7 Å². The third-order valence-corrected chi connectivity index (χ3v) is 7.23. The number of anilines is 1. The van der Waals surface area contributed by atoms with E-state index in [0.717, 1.165) is 0 Å². The molecule has 1 fully saturated rings. The van der Waals surface area contributed by atoms with Gasteiger partial charge in [-0.15, -0.1) is 0 Å². The van der Waals surface area contributed by atoms with Crippen LogP contribution in [0.2, 0.25) is 0 Å². The van der Waals surface area contributed by atoms with Gasteiger partial charge < -0.3 is 24.0 Å². The number of benzene rings is 1. The van der Waals surface area contributed by atoms with Crippen molar-refractivity contribution < 1.29 is 23.4 Å². The number of aromatic nitrogens is 2. The Labute approximate surface area is 209 Å². The number of amides is 1. The van der Waals surface area contributed by atoms with E-state index in [9.17, 15) is 4.79 Å². The molecule has 0 aliphatic carbocycles. The lowest BCUT2D eigenvalue weighted by Crippen LogP contribution is -2.50. The standard InChI is InChI=1S/C21H27BrFIN4O4/c1-12(30-5)11-31-19-25-17-13(10-14(24)15(22)16(17)23)18(26-19)27-6-8-28(9-7-27)20(29)32-21(2,3)4/h10,12H,6-9,11H2,1-5H3/t12-/m0/s1. The molecule has 1 aliphatic rings. The lowest BCUT2D eigenvalue weighted by Gasteiger charge is -2.36. The van der Waals surface area contributed by atoms with Gasteiger partial charge in [-0.05, 0) is 72.3 Å². The zero-order valence-corrected chi connectivity index (χ0v) is 22.5. The van der Waals surface area contributed by atoms with Crippen LogP contribution in [0.25, 0.3) is 10.9 Å². The number of ether oxygens (including phenoxy) is 3. The molecular formula is C21H27BrFIN4O4. The fraction of sp³-hybridized carbons (Fsp3) is 0.571. The van der Waals surface area contributed by atoms with E-state index in [2.05, 4.69) is 48.5 Å². The smallest absolute Gasteiger partial charge is 0.410 e. The molecule has 0 spiro atoms. The molecule has 1 amide bonds. The van der Waals surface area contributed by atoms with Gasteiger partial charge >= 0.3 is 12.1 Å². The van der Waals surface area contributed by atoms with Crippen molar-refractivity contribution in [3.05, 3.63) is 19.9 Å². The highest BCUT2D eigenvalue weighted by Gasteiger charge is 2.28. The van der Waals surface area contributed by atoms with Crippen LogP contribution in [0.4, 0.5) is 15.0 Å². The maximum absolute atomic E-state index is 15.1. The minimum atomic E-state index is -0.551. The van der Waals surface area contributed by atoms with Crippen molar-refractivity contribution in [2.75, 3.05) is 44.8 Å². The first-order chi connectivity index (χ1) is 15.0. The van der Waals surface area contributed by atoms with Crippen molar-refractivity contribution in [2.45, 2.75) is 39.4 Å². The zero-order valence-electron chi connectivity index (χ0n) is 18.7. The number of methoxy groups -OCH3 is 1. The van der Waals surface area contributed by atoms with Gasteiger partial charge in [-0.3, -0.25) is 0 Å². The van der Waals surface area contributed by atoms with Gasteiger partial charge in [0, 0.05) is 42.2 Å². The molecule has 176 valence electrons. The second-order valence-corrected chi connectivity index (χ2v) is 10.5. The number of carbonyl (C=O) groups is 1. The van der Waals surface area contributed by atoms with Gasteiger partial charge in [0.2, 0.25) is 0 Å². The van der Waals surface area contributed by atoms with Gasteiger partial charge in [0.05, 0.1) is 10.6 Å². The third kappa shape index (κ3) is 5.90. The van der Waals surface area contributed by atoms with Crippen molar-refractivity contribution in [3.63, 3.8) is 0 Å². The van der Waals surface area contributed by atoms with E-state index in [1.54, 1.807) is 12.0 Å². The molecule has 1 aromatic heterocycles. The van der Waals surface area contributed by atoms with Gasteiger partial charge in [-0.25, -0.2) is 9.18 Å². The number of carbonyl (C=O) groups excluding carboxylic acids is 1. The molecule has 0 radical (unpaired) electrons. The molecule has 11 heteroatoms. The third-order valence-electron chi connectivity index (χ3n) is 4.87. The number of piperazine rings is 1. The summed E-state index contributed by atoms with van der Waals surface area (Å²) in [4.78, 5) is 25.0. The largest absolute Gasteiger partial charge is 0.461 e. The Kier molecular flexibility index (Phi) is 8.02. The van der Waals surface area contributed by atoms with Crippen LogP contribution in [0.3, 0.4) is 0 Å². The number of hydrogen-bond acceptors (Lipinski definition) is 7. The average Bonchev–Trinajstić information content (AvgIpc) is 2.74. The monoisotopic (exact) mass is 624 g/mol. The van der Waals surface area contributed by atoms with Crippen molar-refractivity contribution in [3.8, 4) is 6.01 Å². The Balaban J connectivity index is 1.90. The summed E-state index contributed by atoms with van der Waals surface area (Å²) in [7, 11) is 1.59. The zero-order chi connectivity index (χ0) is 23.6. The highest BCUT2D eigenvalue weighted by molar-refractivity contribution is 14.1. The predicted octanol–water partition coefficient (Wildman–Crippen LogP) is 4.61. The molecule has 2 heterocycles. The Morgan fingerprint density at radius 3 is 2.53 bits per heavy atom. The van der Waals surface area contributed by atoms with Crippen LogP contribution in [-0.4, -0.2) is 72.6 Å². The van der Waals surface area contributed by atoms with E-state index >= 15 is 4.39 Å². The average molecular weight is 625 g/mol. The topological polar surface area (TPSA) is 77.0 Å². The summed E-state index contributed by atoms with van der Waals surface area (Å²) in [5.74, 6) is 0.107. The van der Waals surface area contributed by atoms with Crippen LogP contribution in [0.5, 0.6) is 6.01 Å². The first-order valence-corrected chi connectivity index (χ1v) is 12.1. The van der Waals surface area contributed by atoms with Crippen LogP contribution in [0, 0.1) is 9.39 Å². The molecule has 1 atom stereocenters. The van der Waals surface area contributed by atoms with E-state index in [1.807, 2.05) is 38.7 Å². The maximum Gasteiger partial charge on any atom is 0.410 e. The van der Waals surface area contributed by atoms with Gasteiger partial charge in [-0.2, -0.15) is 9.97 Å². The lowest BCUT2D eigenvalue weighted by molar-refractivity contribution is 0.0240. The summed E-state index contributed by atoms with van der Waals surface area (Å²) < 4.78 is 32.5. The van der Waals surface area contributed by atoms with E-state index in [4.69, 9.17) is 14.2 Å². The minimum Gasteiger partial charge on any atom is -0.461 e. The van der Waals surface area contributed by atoms with Crippen LogP contribution >= 0.6 is 38.5 Å². The Morgan fingerprint density at radius 2 is 1.94 bits per heavy atom. The van der Waals surface area contributed by atoms with Gasteiger partial charge in [0.1, 0.15) is 23.5 Å². The van der Waals surface area contributed by atoms with Crippen LogP contribution < -0.4 is 9.64 Å². The SMILES string of the molecule is CO[C@@H](C)COc1nc(N2CCN(C(=O)OC(C)(C)C)CC2)c2cc(I)c(Br)c(F)c2n1. The van der Waals surface area contributed by atoms with Crippen molar-refractivity contribution in [1.29, 1.82) is 0 Å². The molecular weight excluding hydrogens is 598 g/mol. The molecule has 3 rings (SSSR count). The summed E-state index contributed by atoms with van der Waals surface area (Å²) in [6.07, 6.45) is -0.504.